The molecule has 2 rings (SSSR count). The van der Waals surface area contributed by atoms with Crippen molar-refractivity contribution in [1.82, 2.24) is 5.32 Å². The van der Waals surface area contributed by atoms with Crippen LogP contribution in [0.2, 0.25) is 5.02 Å². The third-order valence-corrected chi connectivity index (χ3v) is 4.56. The Morgan fingerprint density at radius 1 is 1.25 bits per heavy atom. The minimum atomic E-state index is -0.225. The van der Waals surface area contributed by atoms with Crippen LogP contribution in [0.1, 0.15) is 51.0 Å². The largest absolute Gasteiger partial charge is 0.316 e. The first kappa shape index (κ1) is 15.8. The lowest BCUT2D eigenvalue weighted by atomic mass is 9.84. The Balaban J connectivity index is 2.14. The lowest BCUT2D eigenvalue weighted by Crippen LogP contribution is -2.29. The van der Waals surface area contributed by atoms with Gasteiger partial charge < -0.3 is 5.32 Å². The van der Waals surface area contributed by atoms with Gasteiger partial charge in [-0.25, -0.2) is 4.39 Å². The molecule has 20 heavy (non-hydrogen) atoms. The molecular weight excluding hydrogens is 273 g/mol. The molecule has 3 heteroatoms. The van der Waals surface area contributed by atoms with Crippen LogP contribution in [0, 0.1) is 17.7 Å². The van der Waals surface area contributed by atoms with E-state index in [4.69, 9.17) is 11.6 Å². The summed E-state index contributed by atoms with van der Waals surface area (Å²) in [5.41, 5.74) is 0.792. The highest BCUT2D eigenvalue weighted by atomic mass is 35.5. The average molecular weight is 298 g/mol. The standard InChI is InChI=1S/C17H25ClFN/c1-12(2)10-20-11-15(13-6-3-4-7-13)14-8-5-9-16(18)17(14)19/h5,8-9,12-13,15,20H,3-4,6-7,10-11H2,1-2H3. The lowest BCUT2D eigenvalue weighted by molar-refractivity contribution is 0.390. The predicted molar refractivity (Wildman–Crippen MR) is 83.8 cm³/mol. The molecule has 0 bridgehead atoms. The molecule has 0 aromatic heterocycles. The van der Waals surface area contributed by atoms with Gasteiger partial charge in [-0.2, -0.15) is 0 Å². The van der Waals surface area contributed by atoms with E-state index in [1.807, 2.05) is 12.1 Å². The summed E-state index contributed by atoms with van der Waals surface area (Å²) in [7, 11) is 0. The van der Waals surface area contributed by atoms with E-state index in [2.05, 4.69) is 19.2 Å². The molecule has 0 heterocycles. The Labute approximate surface area is 126 Å². The fourth-order valence-electron chi connectivity index (χ4n) is 3.22. The quantitative estimate of drug-likeness (QED) is 0.779. The first-order valence-electron chi connectivity index (χ1n) is 7.74. The van der Waals surface area contributed by atoms with Crippen LogP contribution in [0.3, 0.4) is 0 Å². The van der Waals surface area contributed by atoms with Crippen LogP contribution in [-0.2, 0) is 0 Å². The highest BCUT2D eigenvalue weighted by molar-refractivity contribution is 6.30. The van der Waals surface area contributed by atoms with Gasteiger partial charge in [0.2, 0.25) is 0 Å². The molecule has 1 N–H and O–H groups in total. The van der Waals surface area contributed by atoms with Crippen LogP contribution in [-0.4, -0.2) is 13.1 Å². The van der Waals surface area contributed by atoms with Crippen molar-refractivity contribution in [2.45, 2.75) is 45.4 Å². The number of rotatable bonds is 6. The van der Waals surface area contributed by atoms with Crippen LogP contribution < -0.4 is 5.32 Å². The van der Waals surface area contributed by atoms with Crippen LogP contribution in [0.5, 0.6) is 0 Å². The van der Waals surface area contributed by atoms with E-state index in [0.717, 1.165) is 18.7 Å². The molecule has 112 valence electrons. The molecule has 0 radical (unpaired) electrons. The smallest absolute Gasteiger partial charge is 0.145 e. The summed E-state index contributed by atoms with van der Waals surface area (Å²) in [6.45, 7) is 6.21. The molecule has 1 nitrogen and oxygen atoms in total. The number of hydrogen-bond acceptors (Lipinski definition) is 1. The van der Waals surface area contributed by atoms with E-state index in [1.54, 1.807) is 6.07 Å². The Morgan fingerprint density at radius 2 is 1.95 bits per heavy atom. The molecule has 0 spiro atoms. The van der Waals surface area contributed by atoms with E-state index in [1.165, 1.54) is 25.7 Å². The zero-order valence-electron chi connectivity index (χ0n) is 12.5. The Bertz CT molecular complexity index is 427. The monoisotopic (exact) mass is 297 g/mol. The van der Waals surface area contributed by atoms with E-state index in [0.29, 0.717) is 11.8 Å². The lowest BCUT2D eigenvalue weighted by Gasteiger charge is -2.25. The minimum Gasteiger partial charge on any atom is -0.316 e. The third kappa shape index (κ3) is 3.95. The molecule has 1 aromatic carbocycles. The van der Waals surface area contributed by atoms with Crippen LogP contribution >= 0.6 is 11.6 Å². The van der Waals surface area contributed by atoms with Gasteiger partial charge >= 0.3 is 0 Å². The van der Waals surface area contributed by atoms with E-state index >= 15 is 0 Å². The van der Waals surface area contributed by atoms with Gasteiger partial charge in [0.1, 0.15) is 5.82 Å². The van der Waals surface area contributed by atoms with E-state index in [9.17, 15) is 4.39 Å². The fourth-order valence-corrected chi connectivity index (χ4v) is 3.41. The minimum absolute atomic E-state index is 0.225. The Kier molecular flexibility index (Phi) is 5.86. The maximum atomic E-state index is 14.3. The highest BCUT2D eigenvalue weighted by Gasteiger charge is 2.28. The van der Waals surface area contributed by atoms with Crippen LogP contribution in [0.15, 0.2) is 18.2 Å². The van der Waals surface area contributed by atoms with Crippen LogP contribution in [0.4, 0.5) is 4.39 Å². The van der Waals surface area contributed by atoms with Crippen molar-refractivity contribution in [1.29, 1.82) is 0 Å². The molecule has 0 amide bonds. The molecule has 1 aliphatic rings. The Hall–Kier alpha value is -0.600. The summed E-state index contributed by atoms with van der Waals surface area (Å²) < 4.78 is 14.3. The zero-order chi connectivity index (χ0) is 14.5. The van der Waals surface area contributed by atoms with E-state index in [-0.39, 0.29) is 16.8 Å². The zero-order valence-corrected chi connectivity index (χ0v) is 13.2. The number of benzene rings is 1. The van der Waals surface area contributed by atoms with Crippen molar-refractivity contribution in [3.05, 3.63) is 34.6 Å². The van der Waals surface area contributed by atoms with Gasteiger partial charge in [0.25, 0.3) is 0 Å². The molecule has 1 unspecified atom stereocenters. The van der Waals surface area contributed by atoms with Crippen LogP contribution in [0.25, 0.3) is 0 Å². The van der Waals surface area contributed by atoms with Gasteiger partial charge in [-0.3, -0.25) is 0 Å². The fraction of sp³-hybridized carbons (Fsp3) is 0.647. The maximum absolute atomic E-state index is 14.3. The summed E-state index contributed by atoms with van der Waals surface area (Å²) in [5.74, 6) is 1.22. The molecule has 1 atom stereocenters. The Morgan fingerprint density at radius 3 is 2.60 bits per heavy atom. The molecule has 0 aliphatic heterocycles. The molecule has 1 saturated carbocycles. The van der Waals surface area contributed by atoms with Gasteiger partial charge in [0.15, 0.2) is 0 Å². The third-order valence-electron chi connectivity index (χ3n) is 4.27. The van der Waals surface area contributed by atoms with Crippen molar-refractivity contribution in [3.63, 3.8) is 0 Å². The van der Waals surface area contributed by atoms with Crippen molar-refractivity contribution in [2.75, 3.05) is 13.1 Å². The van der Waals surface area contributed by atoms with E-state index < -0.39 is 0 Å². The second-order valence-electron chi connectivity index (χ2n) is 6.35. The summed E-state index contributed by atoms with van der Waals surface area (Å²) >= 11 is 5.95. The summed E-state index contributed by atoms with van der Waals surface area (Å²) in [6.07, 6.45) is 4.96. The van der Waals surface area contributed by atoms with Crippen molar-refractivity contribution < 1.29 is 4.39 Å². The second-order valence-corrected chi connectivity index (χ2v) is 6.75. The summed E-state index contributed by atoms with van der Waals surface area (Å²) in [5, 5.41) is 3.74. The summed E-state index contributed by atoms with van der Waals surface area (Å²) in [6, 6.07) is 5.40. The second kappa shape index (κ2) is 7.42. The number of nitrogens with one attached hydrogen (secondary N) is 1. The molecule has 1 fully saturated rings. The van der Waals surface area contributed by atoms with Gasteiger partial charge in [-0.1, -0.05) is 50.4 Å². The van der Waals surface area contributed by atoms with Gasteiger partial charge in [-0.05, 0) is 42.9 Å². The molecule has 1 aromatic rings. The van der Waals surface area contributed by atoms with Crippen molar-refractivity contribution in [2.24, 2.45) is 11.8 Å². The average Bonchev–Trinajstić information content (AvgIpc) is 2.92. The first-order valence-corrected chi connectivity index (χ1v) is 8.12. The number of halogens is 2. The van der Waals surface area contributed by atoms with Gasteiger partial charge in [0.05, 0.1) is 5.02 Å². The molecular formula is C17H25ClFN. The van der Waals surface area contributed by atoms with Crippen molar-refractivity contribution in [3.8, 4) is 0 Å². The molecule has 0 saturated heterocycles. The van der Waals surface area contributed by atoms with Gasteiger partial charge in [0, 0.05) is 12.5 Å². The maximum Gasteiger partial charge on any atom is 0.145 e. The summed E-state index contributed by atoms with van der Waals surface area (Å²) in [4.78, 5) is 0. The molecule has 1 aliphatic carbocycles. The van der Waals surface area contributed by atoms with Crippen molar-refractivity contribution >= 4 is 11.6 Å². The first-order chi connectivity index (χ1) is 9.59. The normalized spacial score (nSPS) is 17.9. The SMILES string of the molecule is CC(C)CNCC(c1cccc(Cl)c1F)C1CCCC1. The predicted octanol–water partition coefficient (Wildman–Crippen LogP) is 5.00. The van der Waals surface area contributed by atoms with Gasteiger partial charge in [-0.15, -0.1) is 0 Å². The number of hydrogen-bond donors (Lipinski definition) is 1. The highest BCUT2D eigenvalue weighted by Crippen LogP contribution is 2.38. The topological polar surface area (TPSA) is 12.0 Å².